The fourth-order valence-corrected chi connectivity index (χ4v) is 2.46. The summed E-state index contributed by atoms with van der Waals surface area (Å²) in [6.45, 7) is 5.55. The molecule has 1 atom stereocenters. The number of hydrogen-bond donors (Lipinski definition) is 1. The highest BCUT2D eigenvalue weighted by atomic mass is 16.5. The number of morpholine rings is 1. The van der Waals surface area contributed by atoms with Gasteiger partial charge in [-0.05, 0) is 17.5 Å². The first kappa shape index (κ1) is 14.0. The number of carboxylic acids is 1. The van der Waals surface area contributed by atoms with Crippen LogP contribution in [0.2, 0.25) is 0 Å². The van der Waals surface area contributed by atoms with Gasteiger partial charge in [0, 0.05) is 19.6 Å². The van der Waals surface area contributed by atoms with Gasteiger partial charge >= 0.3 is 5.97 Å². The maximum absolute atomic E-state index is 10.9. The van der Waals surface area contributed by atoms with Crippen LogP contribution < -0.4 is 0 Å². The van der Waals surface area contributed by atoms with Gasteiger partial charge in [-0.2, -0.15) is 0 Å². The van der Waals surface area contributed by atoms with E-state index in [-0.39, 0.29) is 6.42 Å². The Hall–Kier alpha value is -1.39. The van der Waals surface area contributed by atoms with E-state index in [1.807, 2.05) is 24.3 Å². The summed E-state index contributed by atoms with van der Waals surface area (Å²) in [6.07, 6.45) is 1.42. The van der Waals surface area contributed by atoms with Crippen LogP contribution in [0.15, 0.2) is 24.3 Å². The molecule has 1 unspecified atom stereocenters. The van der Waals surface area contributed by atoms with Crippen molar-refractivity contribution in [2.75, 3.05) is 19.7 Å². The van der Waals surface area contributed by atoms with Crippen LogP contribution >= 0.6 is 0 Å². The topological polar surface area (TPSA) is 49.8 Å². The number of hydrogen-bond acceptors (Lipinski definition) is 3. The van der Waals surface area contributed by atoms with Crippen molar-refractivity contribution in [2.45, 2.75) is 32.4 Å². The Morgan fingerprint density at radius 1 is 1.42 bits per heavy atom. The number of rotatable bonds is 5. The third-order valence-electron chi connectivity index (χ3n) is 3.53. The van der Waals surface area contributed by atoms with Crippen molar-refractivity contribution in [3.05, 3.63) is 35.4 Å². The Morgan fingerprint density at radius 3 is 2.84 bits per heavy atom. The summed E-state index contributed by atoms with van der Waals surface area (Å²) in [6, 6.07) is 7.80. The SMILES string of the molecule is CCC1CN(Cc2ccccc2CC(=O)O)CCO1. The van der Waals surface area contributed by atoms with Crippen molar-refractivity contribution in [2.24, 2.45) is 0 Å². The normalized spacial score (nSPS) is 20.4. The molecule has 104 valence electrons. The van der Waals surface area contributed by atoms with Crippen molar-refractivity contribution < 1.29 is 14.6 Å². The summed E-state index contributed by atoms with van der Waals surface area (Å²) < 4.78 is 5.65. The molecule has 0 saturated carbocycles. The van der Waals surface area contributed by atoms with Gasteiger partial charge in [0.05, 0.1) is 19.1 Å². The van der Waals surface area contributed by atoms with Gasteiger partial charge in [-0.25, -0.2) is 0 Å². The van der Waals surface area contributed by atoms with Crippen LogP contribution in [0.3, 0.4) is 0 Å². The summed E-state index contributed by atoms with van der Waals surface area (Å²) in [5.41, 5.74) is 2.02. The molecular weight excluding hydrogens is 242 g/mol. The van der Waals surface area contributed by atoms with Gasteiger partial charge in [0.2, 0.25) is 0 Å². The van der Waals surface area contributed by atoms with Crippen LogP contribution in [0.4, 0.5) is 0 Å². The van der Waals surface area contributed by atoms with Gasteiger partial charge in [-0.15, -0.1) is 0 Å². The van der Waals surface area contributed by atoms with Crippen molar-refractivity contribution in [3.8, 4) is 0 Å². The van der Waals surface area contributed by atoms with Crippen LogP contribution in [0.25, 0.3) is 0 Å². The molecular formula is C15H21NO3. The van der Waals surface area contributed by atoms with Crippen molar-refractivity contribution in [1.82, 2.24) is 4.90 Å². The Morgan fingerprint density at radius 2 is 2.16 bits per heavy atom. The Balaban J connectivity index is 2.03. The minimum atomic E-state index is -0.777. The summed E-state index contributed by atoms with van der Waals surface area (Å²) >= 11 is 0. The Labute approximate surface area is 114 Å². The Kier molecular flexibility index (Phi) is 4.93. The van der Waals surface area contributed by atoms with Gasteiger partial charge in [0.1, 0.15) is 0 Å². The largest absolute Gasteiger partial charge is 0.481 e. The van der Waals surface area contributed by atoms with E-state index < -0.39 is 5.97 Å². The van der Waals surface area contributed by atoms with Crippen molar-refractivity contribution >= 4 is 5.97 Å². The molecule has 19 heavy (non-hydrogen) atoms. The third kappa shape index (κ3) is 4.04. The zero-order valence-electron chi connectivity index (χ0n) is 11.3. The number of nitrogens with zero attached hydrogens (tertiary/aromatic N) is 1. The maximum Gasteiger partial charge on any atom is 0.307 e. The van der Waals surface area contributed by atoms with E-state index in [4.69, 9.17) is 9.84 Å². The van der Waals surface area contributed by atoms with Crippen LogP contribution in [-0.4, -0.2) is 41.8 Å². The highest BCUT2D eigenvalue weighted by Crippen LogP contribution is 2.16. The van der Waals surface area contributed by atoms with Gasteiger partial charge in [0.15, 0.2) is 0 Å². The minimum absolute atomic E-state index is 0.0950. The molecule has 1 aliphatic rings. The lowest BCUT2D eigenvalue weighted by molar-refractivity contribution is -0.136. The highest BCUT2D eigenvalue weighted by Gasteiger charge is 2.19. The van der Waals surface area contributed by atoms with E-state index in [9.17, 15) is 4.79 Å². The average Bonchev–Trinajstić information content (AvgIpc) is 2.41. The van der Waals surface area contributed by atoms with Crippen LogP contribution in [0.5, 0.6) is 0 Å². The first-order valence-corrected chi connectivity index (χ1v) is 6.81. The van der Waals surface area contributed by atoms with E-state index in [0.29, 0.717) is 6.10 Å². The lowest BCUT2D eigenvalue weighted by atomic mass is 10.0. The number of benzene rings is 1. The quantitative estimate of drug-likeness (QED) is 0.882. The van der Waals surface area contributed by atoms with Gasteiger partial charge in [-0.3, -0.25) is 9.69 Å². The zero-order valence-corrected chi connectivity index (χ0v) is 11.3. The van der Waals surface area contributed by atoms with Crippen LogP contribution in [0.1, 0.15) is 24.5 Å². The molecule has 0 radical (unpaired) electrons. The van der Waals surface area contributed by atoms with Gasteiger partial charge in [-0.1, -0.05) is 31.2 Å². The van der Waals surface area contributed by atoms with E-state index >= 15 is 0 Å². The standard InChI is InChI=1S/C15H21NO3/c1-2-14-11-16(7-8-19-14)10-13-6-4-3-5-12(13)9-15(17)18/h3-6,14H,2,7-11H2,1H3,(H,17,18). The molecule has 0 spiro atoms. The molecule has 1 aromatic carbocycles. The first-order chi connectivity index (χ1) is 9.19. The number of aliphatic carboxylic acids is 1. The molecule has 4 heteroatoms. The molecule has 1 aliphatic heterocycles. The number of carboxylic acid groups (broad SMARTS) is 1. The maximum atomic E-state index is 10.9. The molecule has 0 bridgehead atoms. The molecule has 1 saturated heterocycles. The van der Waals surface area contributed by atoms with E-state index in [1.165, 1.54) is 0 Å². The molecule has 1 aromatic rings. The van der Waals surface area contributed by atoms with E-state index in [1.54, 1.807) is 0 Å². The molecule has 0 aromatic heterocycles. The third-order valence-corrected chi connectivity index (χ3v) is 3.53. The van der Waals surface area contributed by atoms with Gasteiger partial charge < -0.3 is 9.84 Å². The Bertz CT molecular complexity index is 433. The zero-order chi connectivity index (χ0) is 13.7. The molecule has 0 aliphatic carbocycles. The molecule has 4 nitrogen and oxygen atoms in total. The first-order valence-electron chi connectivity index (χ1n) is 6.81. The summed E-state index contributed by atoms with van der Waals surface area (Å²) in [5.74, 6) is -0.777. The second-order valence-electron chi connectivity index (χ2n) is 4.98. The van der Waals surface area contributed by atoms with Crippen LogP contribution in [0, 0.1) is 0 Å². The van der Waals surface area contributed by atoms with Crippen LogP contribution in [-0.2, 0) is 22.5 Å². The molecule has 1 fully saturated rings. The van der Waals surface area contributed by atoms with Crippen molar-refractivity contribution in [3.63, 3.8) is 0 Å². The molecule has 1 heterocycles. The van der Waals surface area contributed by atoms with Gasteiger partial charge in [0.25, 0.3) is 0 Å². The smallest absolute Gasteiger partial charge is 0.307 e. The lowest BCUT2D eigenvalue weighted by Gasteiger charge is -2.32. The lowest BCUT2D eigenvalue weighted by Crippen LogP contribution is -2.41. The summed E-state index contributed by atoms with van der Waals surface area (Å²) in [5, 5.41) is 8.94. The monoisotopic (exact) mass is 263 g/mol. The van der Waals surface area contributed by atoms with E-state index in [0.717, 1.165) is 43.8 Å². The summed E-state index contributed by atoms with van der Waals surface area (Å²) in [7, 11) is 0. The predicted octanol–water partition coefficient (Wildman–Crippen LogP) is 1.92. The van der Waals surface area contributed by atoms with E-state index in [2.05, 4.69) is 11.8 Å². The molecule has 0 amide bonds. The molecule has 1 N–H and O–H groups in total. The number of carbonyl (C=O) groups is 1. The fourth-order valence-electron chi connectivity index (χ4n) is 2.46. The average molecular weight is 263 g/mol. The fraction of sp³-hybridized carbons (Fsp3) is 0.533. The predicted molar refractivity (Wildman–Crippen MR) is 73.1 cm³/mol. The highest BCUT2D eigenvalue weighted by molar-refractivity contribution is 5.70. The second-order valence-corrected chi connectivity index (χ2v) is 4.98. The molecule has 2 rings (SSSR count). The minimum Gasteiger partial charge on any atom is -0.481 e. The second kappa shape index (κ2) is 6.68. The van der Waals surface area contributed by atoms with Crippen molar-refractivity contribution in [1.29, 1.82) is 0 Å². The summed E-state index contributed by atoms with van der Waals surface area (Å²) in [4.78, 5) is 13.2. The number of ether oxygens (including phenoxy) is 1.